The summed E-state index contributed by atoms with van der Waals surface area (Å²) in [7, 11) is 0. The van der Waals surface area contributed by atoms with E-state index in [0.717, 1.165) is 11.1 Å². The Morgan fingerprint density at radius 1 is 1.62 bits per heavy atom. The second-order valence-corrected chi connectivity index (χ2v) is 1.61. The van der Waals surface area contributed by atoms with Crippen LogP contribution in [0.5, 0.6) is 0 Å². The van der Waals surface area contributed by atoms with Crippen molar-refractivity contribution in [2.45, 2.75) is 0 Å². The zero-order valence-electron chi connectivity index (χ0n) is 4.14. The van der Waals surface area contributed by atoms with Crippen LogP contribution in [0.3, 0.4) is 0 Å². The van der Waals surface area contributed by atoms with E-state index in [2.05, 4.69) is 11.2 Å². The first-order chi connectivity index (χ1) is 3.97. The van der Waals surface area contributed by atoms with E-state index >= 15 is 0 Å². The molecular formula is C6H4NO. The second kappa shape index (κ2) is 1.15. The van der Waals surface area contributed by atoms with Gasteiger partial charge in [-0.3, -0.25) is 0 Å². The molecule has 0 spiro atoms. The summed E-state index contributed by atoms with van der Waals surface area (Å²) in [6, 6.07) is 3.64. The van der Waals surface area contributed by atoms with Crippen molar-refractivity contribution in [2.24, 2.45) is 0 Å². The summed E-state index contributed by atoms with van der Waals surface area (Å²) >= 11 is 0. The van der Waals surface area contributed by atoms with Crippen LogP contribution in [0, 0.1) is 6.20 Å². The fourth-order valence-corrected chi connectivity index (χ4v) is 0.715. The number of furan rings is 1. The summed E-state index contributed by atoms with van der Waals surface area (Å²) in [5, 5.41) is 0. The van der Waals surface area contributed by atoms with Gasteiger partial charge in [0.15, 0.2) is 5.58 Å². The molecule has 0 fully saturated rings. The third kappa shape index (κ3) is 0.320. The first-order valence-corrected chi connectivity index (χ1v) is 2.39. The van der Waals surface area contributed by atoms with E-state index in [1.807, 2.05) is 6.07 Å². The SMILES string of the molecule is [c]1cc2occc2[nH]1. The molecule has 2 heterocycles. The molecule has 0 unspecified atom stereocenters. The normalized spacial score (nSPS) is 10.5. The second-order valence-electron chi connectivity index (χ2n) is 1.61. The monoisotopic (exact) mass is 106 g/mol. The van der Waals surface area contributed by atoms with Crippen LogP contribution in [-0.2, 0) is 0 Å². The smallest absolute Gasteiger partial charge is 0.152 e. The molecule has 2 rings (SSSR count). The number of nitrogens with one attached hydrogen (secondary N) is 1. The lowest BCUT2D eigenvalue weighted by atomic mass is 10.5. The Morgan fingerprint density at radius 2 is 2.62 bits per heavy atom. The van der Waals surface area contributed by atoms with Crippen LogP contribution < -0.4 is 0 Å². The van der Waals surface area contributed by atoms with Crippen LogP contribution in [0.2, 0.25) is 0 Å². The molecule has 1 radical (unpaired) electrons. The van der Waals surface area contributed by atoms with Crippen LogP contribution in [-0.4, -0.2) is 4.98 Å². The highest BCUT2D eigenvalue weighted by Gasteiger charge is 1.92. The molecular weight excluding hydrogens is 102 g/mol. The first-order valence-electron chi connectivity index (χ1n) is 2.39. The van der Waals surface area contributed by atoms with Gasteiger partial charge < -0.3 is 9.40 Å². The van der Waals surface area contributed by atoms with Crippen molar-refractivity contribution in [3.63, 3.8) is 0 Å². The fraction of sp³-hybridized carbons (Fsp3) is 0. The number of fused-ring (bicyclic) bond motifs is 1. The highest BCUT2D eigenvalue weighted by molar-refractivity contribution is 5.72. The van der Waals surface area contributed by atoms with Crippen molar-refractivity contribution in [3.8, 4) is 0 Å². The molecule has 0 aromatic carbocycles. The zero-order valence-corrected chi connectivity index (χ0v) is 4.14. The summed E-state index contributed by atoms with van der Waals surface area (Å²) in [5.74, 6) is 0. The first kappa shape index (κ1) is 3.78. The molecule has 2 aromatic heterocycles. The van der Waals surface area contributed by atoms with Gasteiger partial charge in [-0.05, 0) is 0 Å². The number of H-pyrrole nitrogens is 1. The van der Waals surface area contributed by atoms with Crippen molar-refractivity contribution in [1.82, 2.24) is 4.98 Å². The Hall–Kier alpha value is -1.18. The Labute approximate surface area is 46.1 Å². The van der Waals surface area contributed by atoms with Gasteiger partial charge in [0.25, 0.3) is 0 Å². The molecule has 0 atom stereocenters. The summed E-state index contributed by atoms with van der Waals surface area (Å²) in [6.07, 6.45) is 4.45. The van der Waals surface area contributed by atoms with Crippen LogP contribution in [0.4, 0.5) is 0 Å². The van der Waals surface area contributed by atoms with E-state index in [1.165, 1.54) is 0 Å². The molecule has 0 aliphatic carbocycles. The maximum absolute atomic E-state index is 5.00. The quantitative estimate of drug-likeness (QED) is 0.542. The molecule has 2 heteroatoms. The van der Waals surface area contributed by atoms with Crippen molar-refractivity contribution < 1.29 is 4.42 Å². The zero-order chi connectivity index (χ0) is 5.40. The van der Waals surface area contributed by atoms with Gasteiger partial charge in [0, 0.05) is 12.1 Å². The van der Waals surface area contributed by atoms with E-state index in [1.54, 1.807) is 12.3 Å². The molecule has 39 valence electrons. The van der Waals surface area contributed by atoms with E-state index in [-0.39, 0.29) is 0 Å². The molecule has 0 aliphatic rings. The standard InChI is InChI=1S/C6H4NO/c1-3-7-5-2-4-8-6(1)5/h1-2,4,7H. The van der Waals surface area contributed by atoms with Crippen LogP contribution in [0.25, 0.3) is 11.1 Å². The molecule has 0 saturated heterocycles. The molecule has 1 N–H and O–H groups in total. The third-order valence-electron chi connectivity index (χ3n) is 1.11. The van der Waals surface area contributed by atoms with Crippen LogP contribution >= 0.6 is 0 Å². The molecule has 8 heavy (non-hydrogen) atoms. The lowest BCUT2D eigenvalue weighted by Gasteiger charge is -1.66. The van der Waals surface area contributed by atoms with Gasteiger partial charge in [0.05, 0.1) is 18.0 Å². The third-order valence-corrected chi connectivity index (χ3v) is 1.11. The number of hydrogen-bond donors (Lipinski definition) is 1. The molecule has 0 bridgehead atoms. The van der Waals surface area contributed by atoms with Gasteiger partial charge in [-0.25, -0.2) is 0 Å². The molecule has 0 aliphatic heterocycles. The topological polar surface area (TPSA) is 28.9 Å². The lowest BCUT2D eigenvalue weighted by Crippen LogP contribution is -1.50. The predicted octanol–water partition coefficient (Wildman–Crippen LogP) is 1.56. The van der Waals surface area contributed by atoms with Gasteiger partial charge in [-0.15, -0.1) is 0 Å². The van der Waals surface area contributed by atoms with Crippen molar-refractivity contribution in [1.29, 1.82) is 0 Å². The van der Waals surface area contributed by atoms with Gasteiger partial charge in [-0.2, -0.15) is 0 Å². The number of aromatic nitrogens is 1. The van der Waals surface area contributed by atoms with E-state index in [0.29, 0.717) is 0 Å². The largest absolute Gasteiger partial charge is 0.463 e. The summed E-state index contributed by atoms with van der Waals surface area (Å²) in [6.45, 7) is 0. The fourth-order valence-electron chi connectivity index (χ4n) is 0.715. The molecule has 2 aromatic rings. The van der Waals surface area contributed by atoms with E-state index < -0.39 is 0 Å². The van der Waals surface area contributed by atoms with Gasteiger partial charge in [-0.1, -0.05) is 0 Å². The Kier molecular flexibility index (Phi) is 0.545. The number of hydrogen-bond acceptors (Lipinski definition) is 1. The Bertz CT molecular complexity index is 230. The summed E-state index contributed by atoms with van der Waals surface area (Å²) in [5.41, 5.74) is 1.87. The summed E-state index contributed by atoms with van der Waals surface area (Å²) < 4.78 is 5.00. The molecule has 0 amide bonds. The van der Waals surface area contributed by atoms with Crippen molar-refractivity contribution in [3.05, 3.63) is 24.6 Å². The summed E-state index contributed by atoms with van der Waals surface area (Å²) in [4.78, 5) is 2.88. The highest BCUT2D eigenvalue weighted by atomic mass is 16.3. The maximum Gasteiger partial charge on any atom is 0.152 e. The lowest BCUT2D eigenvalue weighted by molar-refractivity contribution is 0.616. The number of aromatic amines is 1. The van der Waals surface area contributed by atoms with Crippen molar-refractivity contribution in [2.75, 3.05) is 0 Å². The highest BCUT2D eigenvalue weighted by Crippen LogP contribution is 2.10. The van der Waals surface area contributed by atoms with Crippen molar-refractivity contribution >= 4 is 11.1 Å². The average molecular weight is 106 g/mol. The average Bonchev–Trinajstić information content (AvgIpc) is 2.15. The van der Waals surface area contributed by atoms with Gasteiger partial charge in [0.2, 0.25) is 0 Å². The Balaban J connectivity index is 3.06. The minimum Gasteiger partial charge on any atom is -0.463 e. The molecule has 0 saturated carbocycles. The Morgan fingerprint density at radius 3 is 3.50 bits per heavy atom. The van der Waals surface area contributed by atoms with Gasteiger partial charge >= 0.3 is 0 Å². The van der Waals surface area contributed by atoms with E-state index in [9.17, 15) is 0 Å². The van der Waals surface area contributed by atoms with Crippen LogP contribution in [0.15, 0.2) is 22.8 Å². The van der Waals surface area contributed by atoms with E-state index in [4.69, 9.17) is 4.42 Å². The minimum absolute atomic E-state index is 0.866. The molecule has 2 nitrogen and oxygen atoms in total. The van der Waals surface area contributed by atoms with Gasteiger partial charge in [0.1, 0.15) is 0 Å². The maximum atomic E-state index is 5.00. The number of rotatable bonds is 0. The minimum atomic E-state index is 0.866. The predicted molar refractivity (Wildman–Crippen MR) is 29.4 cm³/mol. The van der Waals surface area contributed by atoms with Crippen LogP contribution in [0.1, 0.15) is 0 Å².